The highest BCUT2D eigenvalue weighted by Gasteiger charge is 2.46. The molecule has 4 aromatic rings. The third kappa shape index (κ3) is 6.55. The van der Waals surface area contributed by atoms with Crippen LogP contribution in [-0.2, 0) is 21.6 Å². The summed E-state index contributed by atoms with van der Waals surface area (Å²) in [6, 6.07) is 28.3. The second kappa shape index (κ2) is 13.3. The third-order valence-electron chi connectivity index (χ3n) is 8.98. The van der Waals surface area contributed by atoms with Gasteiger partial charge in [-0.05, 0) is 54.5 Å². The molecule has 10 nitrogen and oxygen atoms in total. The lowest BCUT2D eigenvalue weighted by atomic mass is 9.78. The number of hydrogen-bond donors (Lipinski definition) is 3. The van der Waals surface area contributed by atoms with E-state index in [0.29, 0.717) is 56.1 Å². The number of para-hydroxylation sites is 1. The molecule has 3 heterocycles. The largest absolute Gasteiger partial charge is 0.507 e. The first-order chi connectivity index (χ1) is 21.9. The van der Waals surface area contributed by atoms with Crippen molar-refractivity contribution in [1.82, 2.24) is 20.4 Å². The van der Waals surface area contributed by atoms with Gasteiger partial charge in [0.05, 0.1) is 16.8 Å². The molecular formula is C35H38N6O4. The van der Waals surface area contributed by atoms with Crippen LogP contribution in [0.25, 0.3) is 11.3 Å². The van der Waals surface area contributed by atoms with E-state index in [1.807, 2.05) is 72.8 Å². The topological polar surface area (TPSA) is 134 Å². The number of aromatic hydroxyl groups is 1. The number of anilines is 2. The van der Waals surface area contributed by atoms with Gasteiger partial charge < -0.3 is 30.7 Å². The van der Waals surface area contributed by atoms with Crippen LogP contribution in [-0.4, -0.2) is 64.9 Å². The number of hydrogen-bond acceptors (Lipinski definition) is 8. The molecule has 3 aromatic carbocycles. The van der Waals surface area contributed by atoms with Crippen LogP contribution in [0.2, 0.25) is 0 Å². The second-order valence-electron chi connectivity index (χ2n) is 11.8. The maximum absolute atomic E-state index is 14.1. The summed E-state index contributed by atoms with van der Waals surface area (Å²) < 4.78 is 5.51. The fourth-order valence-corrected chi connectivity index (χ4v) is 6.33. The molecule has 2 aliphatic heterocycles. The monoisotopic (exact) mass is 606 g/mol. The number of benzene rings is 3. The SMILES string of the molecule is Nc1nnc(-c2ccccc2O)cc1N1CC[C@](C(=O)NCC2CCN(C(=O)OCc3ccccc3)CC2)(c2ccccc2)C1. The molecular weight excluding hydrogens is 568 g/mol. The Morgan fingerprint density at radius 3 is 2.36 bits per heavy atom. The van der Waals surface area contributed by atoms with Crippen LogP contribution in [0.5, 0.6) is 5.75 Å². The lowest BCUT2D eigenvalue weighted by molar-refractivity contribution is -0.126. The summed E-state index contributed by atoms with van der Waals surface area (Å²) in [5.41, 5.74) is 9.18. The van der Waals surface area contributed by atoms with Gasteiger partial charge in [-0.25, -0.2) is 4.79 Å². The van der Waals surface area contributed by atoms with Crippen molar-refractivity contribution in [2.24, 2.45) is 5.92 Å². The number of nitrogens with two attached hydrogens (primary N) is 1. The number of ether oxygens (including phenoxy) is 1. The van der Waals surface area contributed by atoms with Crippen molar-refractivity contribution in [1.29, 1.82) is 0 Å². The number of phenols is 1. The minimum atomic E-state index is -0.784. The zero-order chi connectivity index (χ0) is 31.2. The number of nitrogens with one attached hydrogen (secondary N) is 1. The summed E-state index contributed by atoms with van der Waals surface area (Å²) in [6.07, 6.45) is 1.88. The molecule has 0 radical (unpaired) electrons. The number of phenolic OH excluding ortho intramolecular Hbond substituents is 1. The van der Waals surface area contributed by atoms with Gasteiger partial charge >= 0.3 is 6.09 Å². The Bertz CT molecular complexity index is 1630. The number of amides is 2. The number of nitrogens with zero attached hydrogens (tertiary/aromatic N) is 4. The Labute approximate surface area is 262 Å². The van der Waals surface area contributed by atoms with Crippen molar-refractivity contribution >= 4 is 23.5 Å². The van der Waals surface area contributed by atoms with E-state index >= 15 is 0 Å². The Kier molecular flexibility index (Phi) is 8.81. The summed E-state index contributed by atoms with van der Waals surface area (Å²) in [7, 11) is 0. The molecule has 0 aliphatic carbocycles. The van der Waals surface area contributed by atoms with Gasteiger partial charge in [0.2, 0.25) is 5.91 Å². The highest BCUT2D eigenvalue weighted by Crippen LogP contribution is 2.40. The van der Waals surface area contributed by atoms with Crippen LogP contribution in [0.1, 0.15) is 30.4 Å². The minimum absolute atomic E-state index is 0.0255. The number of nitrogen functional groups attached to an aromatic ring is 1. The highest BCUT2D eigenvalue weighted by atomic mass is 16.6. The molecule has 4 N–H and O–H groups in total. The van der Waals surface area contributed by atoms with E-state index < -0.39 is 5.41 Å². The summed E-state index contributed by atoms with van der Waals surface area (Å²) in [6.45, 7) is 3.01. The van der Waals surface area contributed by atoms with Gasteiger partial charge in [-0.3, -0.25) is 4.79 Å². The first kappa shape index (κ1) is 29.9. The lowest BCUT2D eigenvalue weighted by Gasteiger charge is -2.33. The number of piperidine rings is 1. The van der Waals surface area contributed by atoms with Crippen molar-refractivity contribution in [2.45, 2.75) is 31.3 Å². The fraction of sp³-hybridized carbons (Fsp3) is 0.314. The molecule has 0 bridgehead atoms. The predicted octanol–water partition coefficient (Wildman–Crippen LogP) is 4.74. The highest BCUT2D eigenvalue weighted by molar-refractivity contribution is 5.90. The quantitative estimate of drug-likeness (QED) is 0.262. The molecule has 1 aromatic heterocycles. The van der Waals surface area contributed by atoms with Gasteiger partial charge in [0.25, 0.3) is 0 Å². The van der Waals surface area contributed by atoms with E-state index in [-0.39, 0.29) is 36.1 Å². The van der Waals surface area contributed by atoms with Crippen molar-refractivity contribution in [2.75, 3.05) is 43.4 Å². The average Bonchev–Trinajstić information content (AvgIpc) is 3.54. The molecule has 1 atom stereocenters. The fourth-order valence-electron chi connectivity index (χ4n) is 6.33. The van der Waals surface area contributed by atoms with Gasteiger partial charge in [0.15, 0.2) is 5.82 Å². The molecule has 232 valence electrons. The van der Waals surface area contributed by atoms with Crippen LogP contribution < -0.4 is 16.0 Å². The number of rotatable bonds is 8. The zero-order valence-electron chi connectivity index (χ0n) is 25.1. The molecule has 2 saturated heterocycles. The molecule has 2 amide bonds. The molecule has 10 heteroatoms. The molecule has 45 heavy (non-hydrogen) atoms. The van der Waals surface area contributed by atoms with Crippen LogP contribution in [0.3, 0.4) is 0 Å². The van der Waals surface area contributed by atoms with E-state index in [1.165, 1.54) is 0 Å². The Balaban J connectivity index is 1.10. The Morgan fingerprint density at radius 2 is 1.62 bits per heavy atom. The van der Waals surface area contributed by atoms with E-state index in [9.17, 15) is 14.7 Å². The normalized spacial score (nSPS) is 18.5. The zero-order valence-corrected chi connectivity index (χ0v) is 25.1. The predicted molar refractivity (Wildman–Crippen MR) is 172 cm³/mol. The van der Waals surface area contributed by atoms with E-state index in [2.05, 4.69) is 20.4 Å². The molecule has 2 aliphatic rings. The van der Waals surface area contributed by atoms with Crippen molar-refractivity contribution in [3.05, 3.63) is 102 Å². The standard InChI is InChI=1S/C35H38N6O4/c36-32-30(21-29(38-39-32)28-13-7-8-14-31(28)42)41-20-17-35(24-41,27-11-5-2-6-12-27)33(43)37-22-25-15-18-40(19-16-25)34(44)45-23-26-9-3-1-4-10-26/h1-14,21,25,42H,15-20,22-24H2,(H2,36,39)(H,37,43)/t35-/m1/s1. The maximum Gasteiger partial charge on any atom is 0.410 e. The first-order valence-corrected chi connectivity index (χ1v) is 15.4. The van der Waals surface area contributed by atoms with Gasteiger partial charge in [-0.15, -0.1) is 10.2 Å². The van der Waals surface area contributed by atoms with Gasteiger partial charge in [-0.1, -0.05) is 72.8 Å². The average molecular weight is 607 g/mol. The number of likely N-dealkylation sites (tertiary alicyclic amines) is 1. The molecule has 6 rings (SSSR count). The molecule has 2 fully saturated rings. The van der Waals surface area contributed by atoms with E-state index in [4.69, 9.17) is 10.5 Å². The van der Waals surface area contributed by atoms with Crippen molar-refractivity contribution in [3.63, 3.8) is 0 Å². The molecule has 0 saturated carbocycles. The summed E-state index contributed by atoms with van der Waals surface area (Å²) >= 11 is 0. The second-order valence-corrected chi connectivity index (χ2v) is 11.8. The molecule has 0 unspecified atom stereocenters. The number of carbonyl (C=O) groups is 2. The summed E-state index contributed by atoms with van der Waals surface area (Å²) in [5, 5.41) is 22.0. The van der Waals surface area contributed by atoms with Crippen LogP contribution >= 0.6 is 0 Å². The van der Waals surface area contributed by atoms with Gasteiger partial charge in [0, 0.05) is 38.3 Å². The number of carbonyl (C=O) groups excluding carboxylic acids is 2. The van der Waals surface area contributed by atoms with Crippen molar-refractivity contribution < 1.29 is 19.4 Å². The third-order valence-corrected chi connectivity index (χ3v) is 8.98. The lowest BCUT2D eigenvalue weighted by Crippen LogP contribution is -2.49. The Morgan fingerprint density at radius 1 is 0.933 bits per heavy atom. The van der Waals surface area contributed by atoms with Crippen LogP contribution in [0.15, 0.2) is 91.0 Å². The molecule has 0 spiro atoms. The van der Waals surface area contributed by atoms with E-state index in [1.54, 1.807) is 23.1 Å². The minimum Gasteiger partial charge on any atom is -0.507 e. The summed E-state index contributed by atoms with van der Waals surface area (Å²) in [5.74, 6) is 0.616. The number of aromatic nitrogens is 2. The maximum atomic E-state index is 14.1. The smallest absolute Gasteiger partial charge is 0.410 e. The van der Waals surface area contributed by atoms with Crippen LogP contribution in [0.4, 0.5) is 16.3 Å². The Hall–Kier alpha value is -5.12. The van der Waals surface area contributed by atoms with Gasteiger partial charge in [-0.2, -0.15) is 0 Å². The van der Waals surface area contributed by atoms with Gasteiger partial charge in [0.1, 0.15) is 12.4 Å². The first-order valence-electron chi connectivity index (χ1n) is 15.4. The summed E-state index contributed by atoms with van der Waals surface area (Å²) in [4.78, 5) is 30.5. The van der Waals surface area contributed by atoms with Crippen LogP contribution in [0, 0.1) is 5.92 Å². The van der Waals surface area contributed by atoms with E-state index in [0.717, 1.165) is 24.0 Å². The van der Waals surface area contributed by atoms with Crippen molar-refractivity contribution in [3.8, 4) is 17.0 Å².